The van der Waals surface area contributed by atoms with E-state index in [0.29, 0.717) is 24.6 Å². The average molecular weight is 479 g/mol. The number of piperazine rings is 1. The summed E-state index contributed by atoms with van der Waals surface area (Å²) in [5.41, 5.74) is 2.18. The van der Waals surface area contributed by atoms with Crippen molar-refractivity contribution in [1.29, 1.82) is 0 Å². The lowest BCUT2D eigenvalue weighted by Gasteiger charge is -2.36. The molecule has 3 heterocycles. The van der Waals surface area contributed by atoms with Crippen molar-refractivity contribution in [2.75, 3.05) is 38.2 Å². The number of thiophene rings is 1. The molecule has 0 unspecified atom stereocenters. The van der Waals surface area contributed by atoms with Crippen molar-refractivity contribution < 1.29 is 9.53 Å². The van der Waals surface area contributed by atoms with E-state index in [2.05, 4.69) is 25.7 Å². The Labute approximate surface area is 206 Å². The molecule has 1 aliphatic carbocycles. The number of fused-ring (bicyclic) bond motifs is 3. The first-order valence-electron chi connectivity index (χ1n) is 12.5. The normalized spacial score (nSPS) is 19.2. The molecule has 0 bridgehead atoms. The molecule has 5 rings (SSSR count). The maximum atomic E-state index is 13.1. The van der Waals surface area contributed by atoms with Crippen molar-refractivity contribution in [2.24, 2.45) is 5.92 Å². The predicted molar refractivity (Wildman–Crippen MR) is 138 cm³/mol. The number of carbonyl (C=O) groups excluding carboxylic acids is 1. The standard InChI is InChI=1S/C27H34N4O2S/c1-5-18(3)24-28-25(23-21-11-6-17(2)16-22(21)34-26(23)29-24)30-12-14-31(15-13-30)27(32)19-7-9-20(33-4)10-8-19/h7-10,17-18H,5-6,11-16H2,1-4H3/t17-,18+/m0/s1. The lowest BCUT2D eigenvalue weighted by Crippen LogP contribution is -2.49. The third-order valence-corrected chi connectivity index (χ3v) is 8.56. The quantitative estimate of drug-likeness (QED) is 0.498. The smallest absolute Gasteiger partial charge is 0.253 e. The number of rotatable bonds is 5. The zero-order valence-electron chi connectivity index (χ0n) is 20.6. The number of hydrogen-bond acceptors (Lipinski definition) is 6. The summed E-state index contributed by atoms with van der Waals surface area (Å²) in [4.78, 5) is 30.2. The van der Waals surface area contributed by atoms with Crippen LogP contribution in [0.25, 0.3) is 10.2 Å². The van der Waals surface area contributed by atoms with Crippen molar-refractivity contribution in [3.05, 3.63) is 46.1 Å². The van der Waals surface area contributed by atoms with Gasteiger partial charge in [-0.25, -0.2) is 9.97 Å². The van der Waals surface area contributed by atoms with E-state index in [4.69, 9.17) is 14.7 Å². The van der Waals surface area contributed by atoms with E-state index in [0.717, 1.165) is 60.5 Å². The number of aryl methyl sites for hydroxylation is 1. The first kappa shape index (κ1) is 23.1. The van der Waals surface area contributed by atoms with Crippen molar-refractivity contribution >= 4 is 33.3 Å². The van der Waals surface area contributed by atoms with Gasteiger partial charge in [-0.3, -0.25) is 4.79 Å². The predicted octanol–water partition coefficient (Wildman–Crippen LogP) is 5.30. The number of carbonyl (C=O) groups is 1. The summed E-state index contributed by atoms with van der Waals surface area (Å²) in [5, 5.41) is 1.27. The molecule has 0 spiro atoms. The molecule has 0 radical (unpaired) electrons. The van der Waals surface area contributed by atoms with E-state index in [1.807, 2.05) is 40.5 Å². The number of benzene rings is 1. The number of amides is 1. The third kappa shape index (κ3) is 4.26. The molecule has 2 atom stereocenters. The second-order valence-electron chi connectivity index (χ2n) is 9.75. The van der Waals surface area contributed by atoms with Gasteiger partial charge in [0.1, 0.15) is 22.2 Å². The fraction of sp³-hybridized carbons (Fsp3) is 0.519. The third-order valence-electron chi connectivity index (χ3n) is 7.41. The first-order valence-corrected chi connectivity index (χ1v) is 13.3. The van der Waals surface area contributed by atoms with Gasteiger partial charge in [-0.05, 0) is 61.4 Å². The van der Waals surface area contributed by atoms with E-state index in [1.54, 1.807) is 7.11 Å². The van der Waals surface area contributed by atoms with Gasteiger partial charge < -0.3 is 14.5 Å². The van der Waals surface area contributed by atoms with Crippen LogP contribution in [-0.2, 0) is 12.8 Å². The second-order valence-corrected chi connectivity index (χ2v) is 10.8. The molecule has 3 aromatic rings. The van der Waals surface area contributed by atoms with E-state index in [1.165, 1.54) is 22.2 Å². The fourth-order valence-corrected chi connectivity index (χ4v) is 6.39. The van der Waals surface area contributed by atoms with Crippen LogP contribution in [0.5, 0.6) is 5.75 Å². The fourth-order valence-electron chi connectivity index (χ4n) is 5.01. The Hall–Kier alpha value is -2.67. The highest BCUT2D eigenvalue weighted by atomic mass is 32.1. The number of methoxy groups -OCH3 is 1. The topological polar surface area (TPSA) is 58.6 Å². The molecule has 7 heteroatoms. The van der Waals surface area contributed by atoms with Gasteiger partial charge in [-0.2, -0.15) is 0 Å². The summed E-state index contributed by atoms with van der Waals surface area (Å²) in [5.74, 6) is 3.95. The molecule has 1 aliphatic heterocycles. The van der Waals surface area contributed by atoms with Crippen LogP contribution in [0.15, 0.2) is 24.3 Å². The minimum atomic E-state index is 0.0809. The summed E-state index contributed by atoms with van der Waals surface area (Å²) in [6, 6.07) is 7.38. The molecule has 1 saturated heterocycles. The van der Waals surface area contributed by atoms with E-state index < -0.39 is 0 Å². The summed E-state index contributed by atoms with van der Waals surface area (Å²) in [6.45, 7) is 9.72. The maximum Gasteiger partial charge on any atom is 0.253 e. The zero-order valence-corrected chi connectivity index (χ0v) is 21.5. The molecule has 34 heavy (non-hydrogen) atoms. The second kappa shape index (κ2) is 9.53. The van der Waals surface area contributed by atoms with Gasteiger partial charge in [-0.1, -0.05) is 20.8 Å². The maximum absolute atomic E-state index is 13.1. The molecule has 1 fully saturated rings. The van der Waals surface area contributed by atoms with Crippen LogP contribution in [0, 0.1) is 5.92 Å². The molecular weight excluding hydrogens is 444 g/mol. The van der Waals surface area contributed by atoms with Gasteiger partial charge in [0.15, 0.2) is 0 Å². The van der Waals surface area contributed by atoms with Gasteiger partial charge in [-0.15, -0.1) is 11.3 Å². The lowest BCUT2D eigenvalue weighted by molar-refractivity contribution is 0.0746. The van der Waals surface area contributed by atoms with Crippen molar-refractivity contribution in [3.8, 4) is 5.75 Å². The molecule has 6 nitrogen and oxygen atoms in total. The molecule has 2 aromatic heterocycles. The lowest BCUT2D eigenvalue weighted by atomic mass is 9.89. The van der Waals surface area contributed by atoms with Crippen LogP contribution >= 0.6 is 11.3 Å². The van der Waals surface area contributed by atoms with Gasteiger partial charge in [0.05, 0.1) is 12.5 Å². The zero-order chi connectivity index (χ0) is 23.8. The Bertz CT molecular complexity index is 1180. The summed E-state index contributed by atoms with van der Waals surface area (Å²) >= 11 is 1.88. The van der Waals surface area contributed by atoms with Crippen LogP contribution in [0.3, 0.4) is 0 Å². The highest BCUT2D eigenvalue weighted by Crippen LogP contribution is 2.42. The van der Waals surface area contributed by atoms with Crippen molar-refractivity contribution in [1.82, 2.24) is 14.9 Å². The summed E-state index contributed by atoms with van der Waals surface area (Å²) in [7, 11) is 1.64. The van der Waals surface area contributed by atoms with Crippen molar-refractivity contribution in [3.63, 3.8) is 0 Å². The highest BCUT2D eigenvalue weighted by molar-refractivity contribution is 7.19. The van der Waals surface area contributed by atoms with E-state index in [9.17, 15) is 4.79 Å². The molecule has 0 N–H and O–H groups in total. The molecule has 0 saturated carbocycles. The summed E-state index contributed by atoms with van der Waals surface area (Å²) in [6.07, 6.45) is 4.52. The monoisotopic (exact) mass is 478 g/mol. The van der Waals surface area contributed by atoms with Gasteiger partial charge in [0.25, 0.3) is 5.91 Å². The number of anilines is 1. The van der Waals surface area contributed by atoms with Gasteiger partial charge in [0.2, 0.25) is 0 Å². The Morgan fingerprint density at radius 1 is 1.18 bits per heavy atom. The molecule has 2 aliphatic rings. The van der Waals surface area contributed by atoms with Crippen LogP contribution < -0.4 is 9.64 Å². The Balaban J connectivity index is 1.42. The minimum absolute atomic E-state index is 0.0809. The molecule has 1 amide bonds. The van der Waals surface area contributed by atoms with E-state index >= 15 is 0 Å². The van der Waals surface area contributed by atoms with Gasteiger partial charge in [0, 0.05) is 42.5 Å². The van der Waals surface area contributed by atoms with Crippen molar-refractivity contribution in [2.45, 2.75) is 52.4 Å². The van der Waals surface area contributed by atoms with E-state index in [-0.39, 0.29) is 5.91 Å². The van der Waals surface area contributed by atoms with Crippen LogP contribution in [0.1, 0.15) is 66.2 Å². The van der Waals surface area contributed by atoms with Crippen LogP contribution in [-0.4, -0.2) is 54.1 Å². The number of ether oxygens (including phenoxy) is 1. The van der Waals surface area contributed by atoms with Crippen LogP contribution in [0.2, 0.25) is 0 Å². The largest absolute Gasteiger partial charge is 0.497 e. The highest BCUT2D eigenvalue weighted by Gasteiger charge is 2.29. The average Bonchev–Trinajstić information content (AvgIpc) is 3.24. The summed E-state index contributed by atoms with van der Waals surface area (Å²) < 4.78 is 5.22. The Kier molecular flexibility index (Phi) is 6.47. The number of hydrogen-bond donors (Lipinski definition) is 0. The SMILES string of the molecule is CC[C@@H](C)c1nc(N2CCN(C(=O)c3ccc(OC)cc3)CC2)c2c3c(sc2n1)C[C@@H](C)CC3. The van der Waals surface area contributed by atoms with Gasteiger partial charge >= 0.3 is 0 Å². The molecule has 1 aromatic carbocycles. The Morgan fingerprint density at radius 3 is 2.59 bits per heavy atom. The minimum Gasteiger partial charge on any atom is -0.497 e. The number of nitrogens with zero attached hydrogens (tertiary/aromatic N) is 4. The molecule has 180 valence electrons. The van der Waals surface area contributed by atoms with Crippen LogP contribution in [0.4, 0.5) is 5.82 Å². The Morgan fingerprint density at radius 2 is 1.91 bits per heavy atom. The first-order chi connectivity index (χ1) is 16.5. The molecular formula is C27H34N4O2S. The number of aromatic nitrogens is 2.